The number of halogens is 2. The third-order valence-electron chi connectivity index (χ3n) is 3.08. The van der Waals surface area contributed by atoms with Gasteiger partial charge in [0, 0.05) is 5.38 Å². The zero-order chi connectivity index (χ0) is 14.4. The molecule has 0 saturated carbocycles. The van der Waals surface area contributed by atoms with E-state index in [4.69, 9.17) is 4.74 Å². The Balaban J connectivity index is 0.00000220. The number of esters is 1. The summed E-state index contributed by atoms with van der Waals surface area (Å²) in [7, 11) is 0. The first kappa shape index (κ1) is 21.1. The minimum absolute atomic E-state index is 0. The molecule has 126 valence electrons. The molecule has 0 bridgehead atoms. The van der Waals surface area contributed by atoms with E-state index in [1.807, 2.05) is 0 Å². The molecule has 1 saturated heterocycles. The van der Waals surface area contributed by atoms with Crippen LogP contribution in [0.4, 0.5) is 0 Å². The van der Waals surface area contributed by atoms with Crippen molar-refractivity contribution in [3.63, 3.8) is 0 Å². The van der Waals surface area contributed by atoms with E-state index in [0.717, 1.165) is 25.8 Å². The average Bonchev–Trinajstić information content (AvgIpc) is 2.95. The Bertz CT molecular complexity index is 479. The van der Waals surface area contributed by atoms with Crippen LogP contribution in [0.15, 0.2) is 5.38 Å². The number of nitrogens with zero attached hydrogens (tertiary/aromatic N) is 1. The lowest BCUT2D eigenvalue weighted by atomic mass is 10.0. The lowest BCUT2D eigenvalue weighted by molar-refractivity contribution is -0.123. The lowest BCUT2D eigenvalue weighted by Gasteiger charge is -2.22. The van der Waals surface area contributed by atoms with Gasteiger partial charge in [0.15, 0.2) is 5.69 Å². The number of amides is 1. The van der Waals surface area contributed by atoms with Gasteiger partial charge in [-0.15, -0.1) is 36.2 Å². The van der Waals surface area contributed by atoms with Crippen LogP contribution >= 0.6 is 36.2 Å². The van der Waals surface area contributed by atoms with Gasteiger partial charge in [0.25, 0.3) is 0 Å². The summed E-state index contributed by atoms with van der Waals surface area (Å²) in [4.78, 5) is 27.5. The van der Waals surface area contributed by atoms with E-state index in [0.29, 0.717) is 23.9 Å². The number of carbonyl (C=O) groups is 2. The summed E-state index contributed by atoms with van der Waals surface area (Å²) in [6.07, 6.45) is 3.08. The molecule has 1 aromatic rings. The van der Waals surface area contributed by atoms with Crippen molar-refractivity contribution < 1.29 is 14.3 Å². The third-order valence-corrected chi connectivity index (χ3v) is 3.93. The average molecular weight is 370 g/mol. The van der Waals surface area contributed by atoms with Crippen molar-refractivity contribution in [3.05, 3.63) is 16.1 Å². The standard InChI is InChI=1S/C13H19N3O3S.2ClH/c1-2-19-13(18)10-8-20-11(16-10)7-15-12(17)9-5-3-4-6-14-9;;/h8-9,14H,2-7H2,1H3,(H,15,17);2*1H/t9-;;/m1../s1. The van der Waals surface area contributed by atoms with Gasteiger partial charge in [0.1, 0.15) is 5.01 Å². The van der Waals surface area contributed by atoms with Crippen molar-refractivity contribution in [1.29, 1.82) is 0 Å². The molecule has 9 heteroatoms. The molecule has 0 aliphatic carbocycles. The molecule has 2 heterocycles. The summed E-state index contributed by atoms with van der Waals surface area (Å²) in [6.45, 7) is 3.32. The van der Waals surface area contributed by atoms with Crippen LogP contribution in [0.3, 0.4) is 0 Å². The van der Waals surface area contributed by atoms with Crippen molar-refractivity contribution in [2.45, 2.75) is 38.8 Å². The molecule has 2 N–H and O–H groups in total. The molecule has 2 rings (SSSR count). The second kappa shape index (κ2) is 10.8. The van der Waals surface area contributed by atoms with E-state index in [2.05, 4.69) is 15.6 Å². The first-order chi connectivity index (χ1) is 9.70. The summed E-state index contributed by atoms with van der Waals surface area (Å²) >= 11 is 1.35. The summed E-state index contributed by atoms with van der Waals surface area (Å²) < 4.78 is 4.87. The quantitative estimate of drug-likeness (QED) is 0.775. The van der Waals surface area contributed by atoms with Gasteiger partial charge >= 0.3 is 5.97 Å². The molecule has 0 aromatic carbocycles. The van der Waals surface area contributed by atoms with Crippen LogP contribution in [0.1, 0.15) is 41.7 Å². The van der Waals surface area contributed by atoms with Gasteiger partial charge in [-0.2, -0.15) is 0 Å². The molecule has 1 aromatic heterocycles. The Morgan fingerprint density at radius 3 is 2.86 bits per heavy atom. The highest BCUT2D eigenvalue weighted by atomic mass is 35.5. The van der Waals surface area contributed by atoms with E-state index in [1.165, 1.54) is 11.3 Å². The molecular formula is C13H21Cl2N3O3S. The van der Waals surface area contributed by atoms with Crippen LogP contribution in [-0.2, 0) is 16.1 Å². The third kappa shape index (κ3) is 6.08. The maximum absolute atomic E-state index is 11.9. The summed E-state index contributed by atoms with van der Waals surface area (Å²) in [5.41, 5.74) is 0.303. The molecule has 1 atom stereocenters. The SMILES string of the molecule is CCOC(=O)c1csc(CNC(=O)[C@H]2CCCCN2)n1.Cl.Cl. The van der Waals surface area contributed by atoms with Gasteiger partial charge in [-0.05, 0) is 26.3 Å². The van der Waals surface area contributed by atoms with Crippen molar-refractivity contribution in [1.82, 2.24) is 15.6 Å². The van der Waals surface area contributed by atoms with E-state index >= 15 is 0 Å². The van der Waals surface area contributed by atoms with Crippen molar-refractivity contribution in [3.8, 4) is 0 Å². The highest BCUT2D eigenvalue weighted by molar-refractivity contribution is 7.09. The number of piperidine rings is 1. The Morgan fingerprint density at radius 2 is 2.23 bits per heavy atom. The van der Waals surface area contributed by atoms with Crippen LogP contribution < -0.4 is 10.6 Å². The van der Waals surface area contributed by atoms with Crippen molar-refractivity contribution >= 4 is 48.0 Å². The lowest BCUT2D eigenvalue weighted by Crippen LogP contribution is -2.46. The second-order valence-corrected chi connectivity index (χ2v) is 5.51. The molecule has 22 heavy (non-hydrogen) atoms. The van der Waals surface area contributed by atoms with E-state index < -0.39 is 5.97 Å². The first-order valence-corrected chi connectivity index (χ1v) is 7.71. The molecule has 0 spiro atoms. The highest BCUT2D eigenvalue weighted by Gasteiger charge is 2.20. The number of hydrogen-bond donors (Lipinski definition) is 2. The fourth-order valence-corrected chi connectivity index (χ4v) is 2.76. The summed E-state index contributed by atoms with van der Waals surface area (Å²) in [6, 6.07) is -0.103. The number of rotatable bonds is 5. The van der Waals surface area contributed by atoms with E-state index in [-0.39, 0.29) is 36.8 Å². The molecule has 0 radical (unpaired) electrons. The first-order valence-electron chi connectivity index (χ1n) is 6.83. The van der Waals surface area contributed by atoms with Gasteiger partial charge in [-0.1, -0.05) is 6.42 Å². The number of thiazole rings is 1. The Kier molecular flexibility index (Phi) is 10.3. The van der Waals surface area contributed by atoms with Crippen LogP contribution in [0.5, 0.6) is 0 Å². The number of carbonyl (C=O) groups excluding carboxylic acids is 2. The van der Waals surface area contributed by atoms with Gasteiger partial charge in [-0.3, -0.25) is 4.79 Å². The number of aromatic nitrogens is 1. The van der Waals surface area contributed by atoms with Crippen LogP contribution in [0, 0.1) is 0 Å². The Labute approximate surface area is 146 Å². The smallest absolute Gasteiger partial charge is 0.357 e. The predicted molar refractivity (Wildman–Crippen MR) is 90.1 cm³/mol. The Morgan fingerprint density at radius 1 is 1.45 bits per heavy atom. The van der Waals surface area contributed by atoms with Crippen LogP contribution in [0.25, 0.3) is 0 Å². The number of ether oxygens (including phenoxy) is 1. The minimum Gasteiger partial charge on any atom is -0.461 e. The van der Waals surface area contributed by atoms with Gasteiger partial charge in [0.05, 0.1) is 19.2 Å². The summed E-state index contributed by atoms with van der Waals surface area (Å²) in [5.74, 6) is -0.423. The number of nitrogens with one attached hydrogen (secondary N) is 2. The molecular weight excluding hydrogens is 349 g/mol. The monoisotopic (exact) mass is 369 g/mol. The number of hydrogen-bond acceptors (Lipinski definition) is 6. The molecule has 1 aliphatic rings. The van der Waals surface area contributed by atoms with Crippen molar-refractivity contribution in [2.24, 2.45) is 0 Å². The van der Waals surface area contributed by atoms with Gasteiger partial charge in [0.2, 0.25) is 5.91 Å². The normalized spacial score (nSPS) is 16.9. The topological polar surface area (TPSA) is 80.3 Å². The zero-order valence-corrected chi connectivity index (χ0v) is 14.7. The fourth-order valence-electron chi connectivity index (χ4n) is 2.05. The van der Waals surface area contributed by atoms with Crippen LogP contribution in [0.2, 0.25) is 0 Å². The molecule has 1 amide bonds. The molecule has 6 nitrogen and oxygen atoms in total. The van der Waals surface area contributed by atoms with Crippen molar-refractivity contribution in [2.75, 3.05) is 13.2 Å². The van der Waals surface area contributed by atoms with Crippen LogP contribution in [-0.4, -0.2) is 36.1 Å². The minimum atomic E-state index is -0.421. The maximum Gasteiger partial charge on any atom is 0.357 e. The Hall–Kier alpha value is -0.890. The fraction of sp³-hybridized carbons (Fsp3) is 0.615. The van der Waals surface area contributed by atoms with Gasteiger partial charge < -0.3 is 15.4 Å². The highest BCUT2D eigenvalue weighted by Crippen LogP contribution is 2.11. The zero-order valence-electron chi connectivity index (χ0n) is 12.3. The second-order valence-electron chi connectivity index (χ2n) is 4.57. The predicted octanol–water partition coefficient (Wildman–Crippen LogP) is 1.92. The molecule has 1 aliphatic heterocycles. The van der Waals surface area contributed by atoms with Gasteiger partial charge in [-0.25, -0.2) is 9.78 Å². The molecule has 1 fully saturated rings. The van der Waals surface area contributed by atoms with E-state index in [9.17, 15) is 9.59 Å². The molecule has 0 unspecified atom stereocenters. The summed E-state index contributed by atoms with van der Waals surface area (Å²) in [5, 5.41) is 8.40. The maximum atomic E-state index is 11.9. The largest absolute Gasteiger partial charge is 0.461 e. The van der Waals surface area contributed by atoms with E-state index in [1.54, 1.807) is 12.3 Å².